The van der Waals surface area contributed by atoms with Crippen LogP contribution in [-0.4, -0.2) is 17.0 Å². The van der Waals surface area contributed by atoms with Gasteiger partial charge in [0.25, 0.3) is 0 Å². The highest BCUT2D eigenvalue weighted by atomic mass is 16.3. The quantitative estimate of drug-likeness (QED) is 0.598. The number of ketones is 1. The Labute approximate surface area is 94.1 Å². The van der Waals surface area contributed by atoms with Gasteiger partial charge in [-0.05, 0) is 6.42 Å². The second-order valence-corrected chi connectivity index (χ2v) is 4.68. The van der Waals surface area contributed by atoms with Gasteiger partial charge in [0.1, 0.15) is 5.78 Å². The maximum Gasteiger partial charge on any atom is 0.137 e. The summed E-state index contributed by atoms with van der Waals surface area (Å²) in [6, 6.07) is 0. The largest absolute Gasteiger partial charge is 0.393 e. The Morgan fingerprint density at radius 3 is 2.27 bits per heavy atom. The van der Waals surface area contributed by atoms with Crippen LogP contribution in [-0.2, 0) is 4.79 Å². The molecule has 0 aliphatic rings. The summed E-state index contributed by atoms with van der Waals surface area (Å²) in [5, 5.41) is 9.60. The molecule has 0 radical (unpaired) electrons. The Kier molecular flexibility index (Phi) is 8.68. The third-order valence-corrected chi connectivity index (χ3v) is 2.72. The first-order valence-corrected chi connectivity index (χ1v) is 6.28. The lowest BCUT2D eigenvalue weighted by molar-refractivity contribution is -0.123. The fourth-order valence-corrected chi connectivity index (χ4v) is 1.55. The maximum atomic E-state index is 11.3. The van der Waals surface area contributed by atoms with Crippen LogP contribution in [0, 0.1) is 5.92 Å². The molecule has 0 aromatic rings. The van der Waals surface area contributed by atoms with Crippen molar-refractivity contribution in [1.82, 2.24) is 0 Å². The van der Waals surface area contributed by atoms with Gasteiger partial charge in [-0.25, -0.2) is 0 Å². The lowest BCUT2D eigenvalue weighted by atomic mass is 9.99. The van der Waals surface area contributed by atoms with Crippen LogP contribution in [0.15, 0.2) is 0 Å². The van der Waals surface area contributed by atoms with Crippen LogP contribution in [0.25, 0.3) is 0 Å². The standard InChI is InChI=1S/C13H26O2/c1-4-5-6-7-8-9-12(14)10-13(15)11(2)3/h11-12,14H,4-10H2,1-3H3/t12-/m1/s1. The molecule has 0 fully saturated rings. The molecule has 0 aliphatic carbocycles. The molecular weight excluding hydrogens is 188 g/mol. The normalized spacial score (nSPS) is 13.1. The van der Waals surface area contributed by atoms with Crippen LogP contribution in [0.4, 0.5) is 0 Å². The maximum absolute atomic E-state index is 11.3. The second kappa shape index (κ2) is 8.90. The minimum atomic E-state index is -0.415. The Morgan fingerprint density at radius 2 is 1.73 bits per heavy atom. The van der Waals surface area contributed by atoms with Crippen LogP contribution in [0.3, 0.4) is 0 Å². The fourth-order valence-electron chi connectivity index (χ4n) is 1.55. The molecule has 2 nitrogen and oxygen atoms in total. The first-order chi connectivity index (χ1) is 7.07. The number of hydrogen-bond acceptors (Lipinski definition) is 2. The smallest absolute Gasteiger partial charge is 0.137 e. The summed E-state index contributed by atoms with van der Waals surface area (Å²) in [5.41, 5.74) is 0. The molecule has 0 bridgehead atoms. The molecule has 90 valence electrons. The minimum Gasteiger partial charge on any atom is -0.393 e. The van der Waals surface area contributed by atoms with Crippen molar-refractivity contribution in [3.63, 3.8) is 0 Å². The second-order valence-electron chi connectivity index (χ2n) is 4.68. The van der Waals surface area contributed by atoms with Crippen molar-refractivity contribution in [3.8, 4) is 0 Å². The average molecular weight is 214 g/mol. The van der Waals surface area contributed by atoms with E-state index in [2.05, 4.69) is 6.92 Å². The zero-order valence-electron chi connectivity index (χ0n) is 10.5. The van der Waals surface area contributed by atoms with E-state index < -0.39 is 6.10 Å². The molecule has 1 N–H and O–H groups in total. The van der Waals surface area contributed by atoms with E-state index in [0.29, 0.717) is 6.42 Å². The summed E-state index contributed by atoms with van der Waals surface area (Å²) in [6.45, 7) is 5.96. The average Bonchev–Trinajstić information content (AvgIpc) is 2.17. The van der Waals surface area contributed by atoms with Gasteiger partial charge in [0, 0.05) is 12.3 Å². The SMILES string of the molecule is CCCCCCC[C@@H](O)CC(=O)C(C)C. The first kappa shape index (κ1) is 14.6. The monoisotopic (exact) mass is 214 g/mol. The summed E-state index contributed by atoms with van der Waals surface area (Å²) in [4.78, 5) is 11.3. The van der Waals surface area contributed by atoms with Crippen LogP contribution in [0.1, 0.15) is 65.7 Å². The molecule has 15 heavy (non-hydrogen) atoms. The number of unbranched alkanes of at least 4 members (excludes halogenated alkanes) is 4. The molecule has 1 atom stereocenters. The Morgan fingerprint density at radius 1 is 1.13 bits per heavy atom. The van der Waals surface area contributed by atoms with E-state index in [0.717, 1.165) is 12.8 Å². The van der Waals surface area contributed by atoms with Crippen molar-refractivity contribution >= 4 is 5.78 Å². The van der Waals surface area contributed by atoms with Crippen molar-refractivity contribution in [2.24, 2.45) is 5.92 Å². The van der Waals surface area contributed by atoms with Crippen LogP contribution >= 0.6 is 0 Å². The lowest BCUT2D eigenvalue weighted by Gasteiger charge is -2.11. The molecule has 0 saturated heterocycles. The highest BCUT2D eigenvalue weighted by Crippen LogP contribution is 2.11. The van der Waals surface area contributed by atoms with Crippen molar-refractivity contribution in [3.05, 3.63) is 0 Å². The van der Waals surface area contributed by atoms with Gasteiger partial charge in [-0.1, -0.05) is 52.9 Å². The number of carbonyl (C=O) groups excluding carboxylic acids is 1. The number of carbonyl (C=O) groups is 1. The molecule has 0 unspecified atom stereocenters. The van der Waals surface area contributed by atoms with Gasteiger partial charge in [0.2, 0.25) is 0 Å². The summed E-state index contributed by atoms with van der Waals surface area (Å²) in [6.07, 6.45) is 6.71. The highest BCUT2D eigenvalue weighted by molar-refractivity contribution is 5.80. The molecule has 0 saturated carbocycles. The van der Waals surface area contributed by atoms with E-state index in [1.807, 2.05) is 13.8 Å². The van der Waals surface area contributed by atoms with E-state index >= 15 is 0 Å². The Hall–Kier alpha value is -0.370. The molecular formula is C13H26O2. The van der Waals surface area contributed by atoms with Crippen LogP contribution in [0.2, 0.25) is 0 Å². The number of Topliss-reactive ketones (excluding diaryl/α,β-unsaturated/α-hetero) is 1. The van der Waals surface area contributed by atoms with Gasteiger partial charge in [-0.2, -0.15) is 0 Å². The van der Waals surface area contributed by atoms with Crippen molar-refractivity contribution < 1.29 is 9.90 Å². The van der Waals surface area contributed by atoms with Gasteiger partial charge in [-0.3, -0.25) is 4.79 Å². The summed E-state index contributed by atoms with van der Waals surface area (Å²) in [5.74, 6) is 0.232. The van der Waals surface area contributed by atoms with Gasteiger partial charge in [-0.15, -0.1) is 0 Å². The third-order valence-electron chi connectivity index (χ3n) is 2.72. The molecule has 2 heteroatoms. The summed E-state index contributed by atoms with van der Waals surface area (Å²) < 4.78 is 0. The van der Waals surface area contributed by atoms with E-state index in [9.17, 15) is 9.90 Å². The number of aliphatic hydroxyl groups excluding tert-OH is 1. The van der Waals surface area contributed by atoms with E-state index in [-0.39, 0.29) is 11.7 Å². The summed E-state index contributed by atoms with van der Waals surface area (Å²) in [7, 11) is 0. The van der Waals surface area contributed by atoms with E-state index in [1.165, 1.54) is 25.7 Å². The van der Waals surface area contributed by atoms with Crippen LogP contribution < -0.4 is 0 Å². The fraction of sp³-hybridized carbons (Fsp3) is 0.923. The van der Waals surface area contributed by atoms with E-state index in [4.69, 9.17) is 0 Å². The molecule has 0 spiro atoms. The van der Waals surface area contributed by atoms with Gasteiger partial charge >= 0.3 is 0 Å². The van der Waals surface area contributed by atoms with Gasteiger partial charge in [0.15, 0.2) is 0 Å². The zero-order chi connectivity index (χ0) is 11.7. The number of aliphatic hydroxyl groups is 1. The van der Waals surface area contributed by atoms with Crippen molar-refractivity contribution in [1.29, 1.82) is 0 Å². The van der Waals surface area contributed by atoms with Gasteiger partial charge in [0.05, 0.1) is 6.10 Å². The third kappa shape index (κ3) is 8.61. The minimum absolute atomic E-state index is 0.0553. The molecule has 0 aliphatic heterocycles. The van der Waals surface area contributed by atoms with Crippen molar-refractivity contribution in [2.75, 3.05) is 0 Å². The molecule has 0 heterocycles. The van der Waals surface area contributed by atoms with Crippen LogP contribution in [0.5, 0.6) is 0 Å². The molecule has 0 aromatic heterocycles. The predicted octanol–water partition coefficient (Wildman–Crippen LogP) is 3.32. The Bertz CT molecular complexity index is 164. The van der Waals surface area contributed by atoms with Gasteiger partial charge < -0.3 is 5.11 Å². The lowest BCUT2D eigenvalue weighted by Crippen LogP contribution is -2.17. The summed E-state index contributed by atoms with van der Waals surface area (Å²) >= 11 is 0. The zero-order valence-corrected chi connectivity index (χ0v) is 10.5. The van der Waals surface area contributed by atoms with Crippen molar-refractivity contribution in [2.45, 2.75) is 71.8 Å². The Balaban J connectivity index is 3.41. The topological polar surface area (TPSA) is 37.3 Å². The van der Waals surface area contributed by atoms with E-state index in [1.54, 1.807) is 0 Å². The molecule has 0 amide bonds. The molecule has 0 aromatic carbocycles. The highest BCUT2D eigenvalue weighted by Gasteiger charge is 2.13. The molecule has 0 rings (SSSR count). The first-order valence-electron chi connectivity index (χ1n) is 6.28. The number of hydrogen-bond donors (Lipinski definition) is 1. The number of rotatable bonds is 9. The predicted molar refractivity (Wildman–Crippen MR) is 63.8 cm³/mol.